The lowest BCUT2D eigenvalue weighted by Gasteiger charge is -2.02. The summed E-state index contributed by atoms with van der Waals surface area (Å²) in [7, 11) is 0. The van der Waals surface area contributed by atoms with Gasteiger partial charge in [0.15, 0.2) is 0 Å². The SMILES string of the molecule is CC(C)C(=O)Cc1c[nH]c2cc(Cl)ccc12. The number of H-pyrrole nitrogens is 1. The zero-order chi connectivity index (χ0) is 11.7. The summed E-state index contributed by atoms with van der Waals surface area (Å²) in [5.74, 6) is 0.341. The van der Waals surface area contributed by atoms with E-state index in [0.717, 1.165) is 16.5 Å². The molecule has 2 aromatic rings. The second kappa shape index (κ2) is 4.30. The van der Waals surface area contributed by atoms with E-state index in [-0.39, 0.29) is 11.7 Å². The molecule has 0 bridgehead atoms. The van der Waals surface area contributed by atoms with Crippen LogP contribution in [0.1, 0.15) is 19.4 Å². The Morgan fingerprint density at radius 2 is 2.19 bits per heavy atom. The van der Waals surface area contributed by atoms with Gasteiger partial charge in [0.25, 0.3) is 0 Å². The molecule has 0 radical (unpaired) electrons. The van der Waals surface area contributed by atoms with Crippen LogP contribution in [0, 0.1) is 5.92 Å². The zero-order valence-corrected chi connectivity index (χ0v) is 10.1. The summed E-state index contributed by atoms with van der Waals surface area (Å²) in [5, 5.41) is 1.79. The van der Waals surface area contributed by atoms with Crippen LogP contribution in [0.5, 0.6) is 0 Å². The van der Waals surface area contributed by atoms with Gasteiger partial charge in [0.2, 0.25) is 0 Å². The first kappa shape index (κ1) is 11.2. The molecule has 1 aromatic heterocycles. The quantitative estimate of drug-likeness (QED) is 0.867. The average Bonchev–Trinajstić information content (AvgIpc) is 2.60. The molecule has 0 aliphatic heterocycles. The molecule has 0 saturated carbocycles. The summed E-state index contributed by atoms with van der Waals surface area (Å²) in [6.45, 7) is 3.85. The normalized spacial score (nSPS) is 11.2. The lowest BCUT2D eigenvalue weighted by Crippen LogP contribution is -2.09. The highest BCUT2D eigenvalue weighted by Gasteiger charge is 2.11. The van der Waals surface area contributed by atoms with Crippen LogP contribution < -0.4 is 0 Å². The molecular formula is C13H14ClNO. The molecule has 0 aliphatic rings. The van der Waals surface area contributed by atoms with Gasteiger partial charge in [-0.2, -0.15) is 0 Å². The Morgan fingerprint density at radius 3 is 2.88 bits per heavy atom. The minimum atomic E-state index is 0.0808. The third-order valence-corrected chi connectivity index (χ3v) is 2.97. The van der Waals surface area contributed by atoms with E-state index >= 15 is 0 Å². The number of Topliss-reactive ketones (excluding diaryl/α,β-unsaturated/α-hetero) is 1. The number of ketones is 1. The van der Waals surface area contributed by atoms with Gasteiger partial charge in [0.05, 0.1) is 0 Å². The van der Waals surface area contributed by atoms with Crippen molar-refractivity contribution in [1.29, 1.82) is 0 Å². The predicted octanol–water partition coefficient (Wildman–Crippen LogP) is 3.59. The van der Waals surface area contributed by atoms with E-state index in [9.17, 15) is 4.79 Å². The van der Waals surface area contributed by atoms with E-state index in [1.54, 1.807) is 0 Å². The van der Waals surface area contributed by atoms with Crippen molar-refractivity contribution in [2.75, 3.05) is 0 Å². The van der Waals surface area contributed by atoms with E-state index in [2.05, 4.69) is 4.98 Å². The van der Waals surface area contributed by atoms with Crippen LogP contribution in [0.3, 0.4) is 0 Å². The van der Waals surface area contributed by atoms with Crippen molar-refractivity contribution >= 4 is 28.3 Å². The van der Waals surface area contributed by atoms with Crippen molar-refractivity contribution in [2.45, 2.75) is 20.3 Å². The molecule has 0 spiro atoms. The molecule has 2 rings (SSSR count). The number of carbonyl (C=O) groups is 1. The molecule has 0 unspecified atom stereocenters. The number of hydrogen-bond donors (Lipinski definition) is 1. The van der Waals surface area contributed by atoms with Crippen LogP contribution in [0.4, 0.5) is 0 Å². The van der Waals surface area contributed by atoms with Gasteiger partial charge < -0.3 is 4.98 Å². The van der Waals surface area contributed by atoms with Crippen LogP contribution >= 0.6 is 11.6 Å². The Kier molecular flexibility index (Phi) is 3.01. The van der Waals surface area contributed by atoms with Crippen LogP contribution in [-0.2, 0) is 11.2 Å². The van der Waals surface area contributed by atoms with Crippen molar-refractivity contribution in [1.82, 2.24) is 4.98 Å². The molecule has 1 heterocycles. The van der Waals surface area contributed by atoms with E-state index < -0.39 is 0 Å². The zero-order valence-electron chi connectivity index (χ0n) is 9.38. The highest BCUT2D eigenvalue weighted by molar-refractivity contribution is 6.31. The summed E-state index contributed by atoms with van der Waals surface area (Å²) < 4.78 is 0. The van der Waals surface area contributed by atoms with Crippen molar-refractivity contribution in [3.8, 4) is 0 Å². The summed E-state index contributed by atoms with van der Waals surface area (Å²) in [6, 6.07) is 5.68. The van der Waals surface area contributed by atoms with Crippen molar-refractivity contribution in [3.05, 3.63) is 35.0 Å². The van der Waals surface area contributed by atoms with E-state index in [1.807, 2.05) is 38.2 Å². The minimum absolute atomic E-state index is 0.0808. The van der Waals surface area contributed by atoms with Crippen molar-refractivity contribution in [3.63, 3.8) is 0 Å². The number of hydrogen-bond acceptors (Lipinski definition) is 1. The van der Waals surface area contributed by atoms with Crippen LogP contribution in [0.25, 0.3) is 10.9 Å². The first-order chi connectivity index (χ1) is 7.58. The predicted molar refractivity (Wildman–Crippen MR) is 66.9 cm³/mol. The molecular weight excluding hydrogens is 222 g/mol. The summed E-state index contributed by atoms with van der Waals surface area (Å²) in [5.41, 5.74) is 2.03. The monoisotopic (exact) mass is 235 g/mol. The summed E-state index contributed by atoms with van der Waals surface area (Å²) in [4.78, 5) is 14.8. The largest absolute Gasteiger partial charge is 0.361 e. The summed E-state index contributed by atoms with van der Waals surface area (Å²) in [6.07, 6.45) is 2.38. The third kappa shape index (κ3) is 2.12. The second-order valence-corrected chi connectivity index (χ2v) is 4.74. The molecule has 1 aromatic carbocycles. The number of fused-ring (bicyclic) bond motifs is 1. The van der Waals surface area contributed by atoms with Crippen LogP contribution in [0.2, 0.25) is 5.02 Å². The first-order valence-corrected chi connectivity index (χ1v) is 5.74. The molecule has 2 nitrogen and oxygen atoms in total. The Hall–Kier alpha value is -1.28. The second-order valence-electron chi connectivity index (χ2n) is 4.30. The topological polar surface area (TPSA) is 32.9 Å². The third-order valence-electron chi connectivity index (χ3n) is 2.74. The molecule has 0 fully saturated rings. The Balaban J connectivity index is 2.35. The van der Waals surface area contributed by atoms with Crippen LogP contribution in [-0.4, -0.2) is 10.8 Å². The molecule has 0 saturated heterocycles. The smallest absolute Gasteiger partial charge is 0.139 e. The standard InChI is InChI=1S/C13H14ClNO/c1-8(2)13(16)5-9-7-15-12-6-10(14)3-4-11(9)12/h3-4,6-8,15H,5H2,1-2H3. The number of aromatic amines is 1. The van der Waals surface area contributed by atoms with E-state index in [0.29, 0.717) is 11.4 Å². The molecule has 1 N–H and O–H groups in total. The van der Waals surface area contributed by atoms with Crippen LogP contribution in [0.15, 0.2) is 24.4 Å². The maximum atomic E-state index is 11.7. The first-order valence-electron chi connectivity index (χ1n) is 5.36. The van der Waals surface area contributed by atoms with Gasteiger partial charge in [-0.1, -0.05) is 31.5 Å². The number of nitrogens with one attached hydrogen (secondary N) is 1. The van der Waals surface area contributed by atoms with Gasteiger partial charge in [0.1, 0.15) is 5.78 Å². The maximum absolute atomic E-state index is 11.7. The Labute approximate surface area is 99.6 Å². The van der Waals surface area contributed by atoms with Gasteiger partial charge in [-0.05, 0) is 17.7 Å². The molecule has 84 valence electrons. The number of carbonyl (C=O) groups excluding carboxylic acids is 1. The Bertz CT molecular complexity index is 528. The number of benzene rings is 1. The number of rotatable bonds is 3. The van der Waals surface area contributed by atoms with E-state index in [4.69, 9.17) is 11.6 Å². The molecule has 0 atom stereocenters. The lowest BCUT2D eigenvalue weighted by molar-refractivity contribution is -0.121. The highest BCUT2D eigenvalue weighted by Crippen LogP contribution is 2.23. The van der Waals surface area contributed by atoms with Crippen molar-refractivity contribution < 1.29 is 4.79 Å². The number of halogens is 1. The van der Waals surface area contributed by atoms with Gasteiger partial charge in [-0.15, -0.1) is 0 Å². The lowest BCUT2D eigenvalue weighted by atomic mass is 10.0. The number of aromatic nitrogens is 1. The Morgan fingerprint density at radius 1 is 1.44 bits per heavy atom. The maximum Gasteiger partial charge on any atom is 0.139 e. The van der Waals surface area contributed by atoms with Gasteiger partial charge >= 0.3 is 0 Å². The summed E-state index contributed by atoms with van der Waals surface area (Å²) >= 11 is 5.90. The van der Waals surface area contributed by atoms with E-state index in [1.165, 1.54) is 0 Å². The molecule has 3 heteroatoms. The minimum Gasteiger partial charge on any atom is -0.361 e. The van der Waals surface area contributed by atoms with Crippen molar-refractivity contribution in [2.24, 2.45) is 5.92 Å². The fraction of sp³-hybridized carbons (Fsp3) is 0.308. The fourth-order valence-corrected chi connectivity index (χ4v) is 1.87. The highest BCUT2D eigenvalue weighted by atomic mass is 35.5. The average molecular weight is 236 g/mol. The van der Waals surface area contributed by atoms with Gasteiger partial charge in [-0.25, -0.2) is 0 Å². The van der Waals surface area contributed by atoms with Gasteiger partial charge in [0, 0.05) is 34.5 Å². The molecule has 0 amide bonds. The molecule has 0 aliphatic carbocycles. The molecule has 16 heavy (non-hydrogen) atoms. The van der Waals surface area contributed by atoms with Gasteiger partial charge in [-0.3, -0.25) is 4.79 Å². The fourth-order valence-electron chi connectivity index (χ4n) is 1.70.